The number of esters is 1. The summed E-state index contributed by atoms with van der Waals surface area (Å²) in [7, 11) is 1.61. The van der Waals surface area contributed by atoms with Crippen molar-refractivity contribution < 1.29 is 14.3 Å². The number of fused-ring (bicyclic) bond motifs is 1. The molecule has 0 spiro atoms. The van der Waals surface area contributed by atoms with Gasteiger partial charge in [0.1, 0.15) is 11.6 Å². The zero-order valence-corrected chi connectivity index (χ0v) is 13.7. The predicted octanol–water partition coefficient (Wildman–Crippen LogP) is 2.75. The predicted molar refractivity (Wildman–Crippen MR) is 87.0 cm³/mol. The molecule has 22 heavy (non-hydrogen) atoms. The lowest BCUT2D eigenvalue weighted by atomic mass is 10.1. The smallest absolute Gasteiger partial charge is 0.332 e. The first kappa shape index (κ1) is 16.1. The van der Waals surface area contributed by atoms with Crippen molar-refractivity contribution in [3.05, 3.63) is 35.4 Å². The first-order chi connectivity index (χ1) is 10.3. The van der Waals surface area contributed by atoms with E-state index in [9.17, 15) is 4.79 Å². The highest BCUT2D eigenvalue weighted by Gasteiger charge is 2.25. The summed E-state index contributed by atoms with van der Waals surface area (Å²) in [5.41, 5.74) is 2.29. The number of aliphatic imine (C=N–C) groups is 1. The quantitative estimate of drug-likeness (QED) is 0.689. The highest BCUT2D eigenvalue weighted by atomic mass is 16.5. The van der Waals surface area contributed by atoms with Gasteiger partial charge in [-0.3, -0.25) is 4.99 Å². The molecular weight excluding hydrogens is 280 g/mol. The van der Waals surface area contributed by atoms with Crippen molar-refractivity contribution in [3.8, 4) is 5.75 Å². The van der Waals surface area contributed by atoms with E-state index >= 15 is 0 Å². The summed E-state index contributed by atoms with van der Waals surface area (Å²) in [6.07, 6.45) is 1.45. The van der Waals surface area contributed by atoms with Crippen LogP contribution < -0.4 is 10.1 Å². The highest BCUT2D eigenvalue weighted by molar-refractivity contribution is 6.14. The molecule has 0 fully saturated rings. The van der Waals surface area contributed by atoms with Gasteiger partial charge < -0.3 is 14.8 Å². The van der Waals surface area contributed by atoms with Gasteiger partial charge in [0.15, 0.2) is 0 Å². The van der Waals surface area contributed by atoms with Crippen LogP contribution in [0.15, 0.2) is 29.3 Å². The second-order valence-corrected chi connectivity index (χ2v) is 5.98. The summed E-state index contributed by atoms with van der Waals surface area (Å²) >= 11 is 0. The van der Waals surface area contributed by atoms with Crippen LogP contribution in [0.3, 0.4) is 0 Å². The van der Waals surface area contributed by atoms with Crippen LogP contribution in [0.5, 0.6) is 5.75 Å². The molecule has 0 saturated carbocycles. The standard InChI is InChI=1S/C17H22N2O3/c1-6-22-15(20)10-14-13-9-11(21-5)7-8-12(13)16(18-14)19-17(2,3)4/h7-10H,6H2,1-5H3,(H,18,19)/b14-10+. The van der Waals surface area contributed by atoms with Gasteiger partial charge in [0, 0.05) is 17.2 Å². The SMILES string of the molecule is CCOC(=O)/C=C1/NC(=NC(C)(C)C)c2ccc(OC)cc21. The summed E-state index contributed by atoms with van der Waals surface area (Å²) in [6.45, 7) is 8.20. The molecule has 1 N–H and O–H groups in total. The lowest BCUT2D eigenvalue weighted by Crippen LogP contribution is -2.21. The second-order valence-electron chi connectivity index (χ2n) is 5.98. The average molecular weight is 302 g/mol. The van der Waals surface area contributed by atoms with Gasteiger partial charge in [-0.05, 0) is 45.9 Å². The summed E-state index contributed by atoms with van der Waals surface area (Å²) in [5.74, 6) is 1.10. The zero-order chi connectivity index (χ0) is 16.3. The van der Waals surface area contributed by atoms with Crippen LogP contribution in [0.4, 0.5) is 0 Å². The fourth-order valence-electron chi connectivity index (χ4n) is 2.18. The van der Waals surface area contributed by atoms with E-state index in [2.05, 4.69) is 10.3 Å². The van der Waals surface area contributed by atoms with E-state index in [1.807, 2.05) is 39.0 Å². The Hall–Kier alpha value is -2.30. The molecule has 1 aromatic rings. The maximum Gasteiger partial charge on any atom is 0.332 e. The van der Waals surface area contributed by atoms with Crippen molar-refractivity contribution in [2.24, 2.45) is 4.99 Å². The number of amidine groups is 1. The third kappa shape index (κ3) is 3.67. The van der Waals surface area contributed by atoms with Crippen LogP contribution in [-0.2, 0) is 9.53 Å². The van der Waals surface area contributed by atoms with Gasteiger partial charge in [-0.2, -0.15) is 0 Å². The lowest BCUT2D eigenvalue weighted by molar-refractivity contribution is -0.137. The molecule has 0 bridgehead atoms. The topological polar surface area (TPSA) is 59.9 Å². The fourth-order valence-corrected chi connectivity index (χ4v) is 2.18. The molecule has 1 aromatic carbocycles. The molecular formula is C17H22N2O3. The Morgan fingerprint density at radius 1 is 1.32 bits per heavy atom. The Morgan fingerprint density at radius 2 is 2.05 bits per heavy atom. The largest absolute Gasteiger partial charge is 0.497 e. The van der Waals surface area contributed by atoms with Crippen LogP contribution >= 0.6 is 0 Å². The number of ether oxygens (including phenoxy) is 2. The van der Waals surface area contributed by atoms with Crippen molar-refractivity contribution in [3.63, 3.8) is 0 Å². The maximum absolute atomic E-state index is 11.7. The van der Waals surface area contributed by atoms with Crippen molar-refractivity contribution >= 4 is 17.5 Å². The van der Waals surface area contributed by atoms with E-state index in [0.717, 1.165) is 22.7 Å². The summed E-state index contributed by atoms with van der Waals surface area (Å²) in [5, 5.41) is 3.21. The van der Waals surface area contributed by atoms with E-state index in [1.165, 1.54) is 6.08 Å². The Morgan fingerprint density at radius 3 is 2.64 bits per heavy atom. The first-order valence-corrected chi connectivity index (χ1v) is 7.28. The average Bonchev–Trinajstić information content (AvgIpc) is 2.74. The highest BCUT2D eigenvalue weighted by Crippen LogP contribution is 2.29. The van der Waals surface area contributed by atoms with Gasteiger partial charge in [0.05, 0.1) is 25.0 Å². The molecule has 1 aliphatic heterocycles. The molecule has 0 amide bonds. The minimum Gasteiger partial charge on any atom is -0.497 e. The number of benzene rings is 1. The number of hydrogen-bond donors (Lipinski definition) is 1. The van der Waals surface area contributed by atoms with Gasteiger partial charge in [0.25, 0.3) is 0 Å². The number of nitrogens with zero attached hydrogens (tertiary/aromatic N) is 1. The number of carbonyl (C=O) groups excluding carboxylic acids is 1. The van der Waals surface area contributed by atoms with Crippen molar-refractivity contribution in [2.45, 2.75) is 33.2 Å². The van der Waals surface area contributed by atoms with Crippen LogP contribution in [0.2, 0.25) is 0 Å². The Bertz CT molecular complexity index is 640. The van der Waals surface area contributed by atoms with Crippen molar-refractivity contribution in [2.75, 3.05) is 13.7 Å². The molecule has 5 nitrogen and oxygen atoms in total. The number of carbonyl (C=O) groups is 1. The Labute approximate surface area is 131 Å². The number of methoxy groups -OCH3 is 1. The van der Waals surface area contributed by atoms with Gasteiger partial charge in [-0.25, -0.2) is 4.79 Å². The molecule has 5 heteroatoms. The molecule has 0 aliphatic carbocycles. The summed E-state index contributed by atoms with van der Waals surface area (Å²) in [6, 6.07) is 5.71. The van der Waals surface area contributed by atoms with Gasteiger partial charge in [-0.1, -0.05) is 0 Å². The van der Waals surface area contributed by atoms with Crippen LogP contribution in [-0.4, -0.2) is 31.1 Å². The summed E-state index contributed by atoms with van der Waals surface area (Å²) in [4.78, 5) is 16.4. The second kappa shape index (κ2) is 6.22. The van der Waals surface area contributed by atoms with Crippen LogP contribution in [0.1, 0.15) is 38.8 Å². The Kier molecular flexibility index (Phi) is 4.54. The normalized spacial score (nSPS) is 17.3. The molecule has 0 saturated heterocycles. The fraction of sp³-hybridized carbons (Fsp3) is 0.412. The van der Waals surface area contributed by atoms with Crippen molar-refractivity contribution in [1.29, 1.82) is 0 Å². The molecule has 1 heterocycles. The first-order valence-electron chi connectivity index (χ1n) is 7.28. The molecule has 118 valence electrons. The Balaban J connectivity index is 2.49. The molecule has 1 aliphatic rings. The number of hydrogen-bond acceptors (Lipinski definition) is 4. The van der Waals surface area contributed by atoms with Gasteiger partial charge in [0.2, 0.25) is 0 Å². The number of nitrogens with one attached hydrogen (secondary N) is 1. The lowest BCUT2D eigenvalue weighted by Gasteiger charge is -2.13. The third-order valence-electron chi connectivity index (χ3n) is 3.02. The molecule has 0 aromatic heterocycles. The van der Waals surface area contributed by atoms with E-state index < -0.39 is 0 Å². The third-order valence-corrected chi connectivity index (χ3v) is 3.02. The minimum atomic E-state index is -0.379. The van der Waals surface area contributed by atoms with Crippen molar-refractivity contribution in [1.82, 2.24) is 5.32 Å². The number of rotatable bonds is 3. The van der Waals surface area contributed by atoms with Gasteiger partial charge >= 0.3 is 5.97 Å². The molecule has 0 radical (unpaired) electrons. The molecule has 0 unspecified atom stereocenters. The van der Waals surface area contributed by atoms with E-state index in [4.69, 9.17) is 9.47 Å². The van der Waals surface area contributed by atoms with E-state index in [0.29, 0.717) is 12.3 Å². The summed E-state index contributed by atoms with van der Waals surface area (Å²) < 4.78 is 10.3. The maximum atomic E-state index is 11.7. The molecule has 0 atom stereocenters. The monoisotopic (exact) mass is 302 g/mol. The van der Waals surface area contributed by atoms with Crippen LogP contribution in [0.25, 0.3) is 5.70 Å². The van der Waals surface area contributed by atoms with E-state index in [1.54, 1.807) is 14.0 Å². The molecule has 2 rings (SSSR count). The zero-order valence-electron chi connectivity index (χ0n) is 13.7. The van der Waals surface area contributed by atoms with Gasteiger partial charge in [-0.15, -0.1) is 0 Å². The van der Waals surface area contributed by atoms with E-state index in [-0.39, 0.29) is 11.5 Å². The minimum absolute atomic E-state index is 0.223. The van der Waals surface area contributed by atoms with Crippen LogP contribution in [0, 0.1) is 0 Å².